The van der Waals surface area contributed by atoms with Gasteiger partial charge in [0.05, 0.1) is 0 Å². The van der Waals surface area contributed by atoms with Gasteiger partial charge in [0.15, 0.2) is 0 Å². The van der Waals surface area contributed by atoms with E-state index in [2.05, 4.69) is 52.1 Å². The Morgan fingerprint density at radius 1 is 1.18 bits per heavy atom. The normalized spacial score (nSPS) is 20.8. The predicted molar refractivity (Wildman–Crippen MR) is 73.1 cm³/mol. The number of thiophene rings is 1. The van der Waals surface area contributed by atoms with Gasteiger partial charge in [0.1, 0.15) is 0 Å². The summed E-state index contributed by atoms with van der Waals surface area (Å²) in [6.45, 7) is 2.32. The summed E-state index contributed by atoms with van der Waals surface area (Å²) >= 11 is 1.81. The summed E-state index contributed by atoms with van der Waals surface area (Å²) in [6, 6.07) is 13.7. The van der Waals surface area contributed by atoms with Crippen LogP contribution < -0.4 is 0 Å². The fourth-order valence-corrected chi connectivity index (χ4v) is 3.38. The van der Waals surface area contributed by atoms with Gasteiger partial charge < -0.3 is 0 Å². The van der Waals surface area contributed by atoms with E-state index < -0.39 is 0 Å². The van der Waals surface area contributed by atoms with Crippen molar-refractivity contribution >= 4 is 11.3 Å². The molecule has 0 aliphatic carbocycles. The van der Waals surface area contributed by atoms with E-state index in [1.54, 1.807) is 0 Å². The van der Waals surface area contributed by atoms with Gasteiger partial charge in [-0.1, -0.05) is 30.3 Å². The lowest BCUT2D eigenvalue weighted by molar-refractivity contribution is 0.249. The molecule has 2 aromatic rings. The molecule has 1 aromatic heterocycles. The highest BCUT2D eigenvalue weighted by atomic mass is 32.1. The molecule has 1 unspecified atom stereocenters. The maximum absolute atomic E-state index is 2.61. The fraction of sp³-hybridized carbons (Fsp3) is 0.333. The zero-order valence-electron chi connectivity index (χ0n) is 9.88. The standard InChI is InChI=1S/C15H17NS/c1-2-5-13(6-3-1)11-16-9-4-7-15(16)14-8-10-17-12-14/h1-3,5-6,8,10,12,15H,4,7,9,11H2. The third-order valence-electron chi connectivity index (χ3n) is 3.52. The zero-order chi connectivity index (χ0) is 11.5. The second-order valence-electron chi connectivity index (χ2n) is 4.67. The Morgan fingerprint density at radius 3 is 2.82 bits per heavy atom. The van der Waals surface area contributed by atoms with E-state index in [1.807, 2.05) is 11.3 Å². The SMILES string of the molecule is c1ccc(CN2CCCC2c2ccsc2)cc1. The van der Waals surface area contributed by atoms with Crippen LogP contribution >= 0.6 is 11.3 Å². The molecule has 0 spiro atoms. The Balaban J connectivity index is 1.75. The summed E-state index contributed by atoms with van der Waals surface area (Å²) in [5.41, 5.74) is 2.93. The molecule has 1 aromatic carbocycles. The van der Waals surface area contributed by atoms with E-state index in [9.17, 15) is 0 Å². The van der Waals surface area contributed by atoms with Gasteiger partial charge in [-0.05, 0) is 47.3 Å². The van der Waals surface area contributed by atoms with Gasteiger partial charge in [-0.15, -0.1) is 0 Å². The van der Waals surface area contributed by atoms with E-state index in [1.165, 1.54) is 30.5 Å². The number of likely N-dealkylation sites (tertiary alicyclic amines) is 1. The van der Waals surface area contributed by atoms with Crippen molar-refractivity contribution in [2.45, 2.75) is 25.4 Å². The number of hydrogen-bond acceptors (Lipinski definition) is 2. The molecule has 0 N–H and O–H groups in total. The Kier molecular flexibility index (Phi) is 3.25. The first-order valence-electron chi connectivity index (χ1n) is 6.23. The molecule has 1 aliphatic heterocycles. The molecule has 3 rings (SSSR count). The van der Waals surface area contributed by atoms with Crippen molar-refractivity contribution in [3.05, 3.63) is 58.3 Å². The largest absolute Gasteiger partial charge is 0.292 e. The first-order chi connectivity index (χ1) is 8.43. The molecule has 1 fully saturated rings. The molecule has 0 radical (unpaired) electrons. The van der Waals surface area contributed by atoms with Gasteiger partial charge in [0.25, 0.3) is 0 Å². The molecule has 88 valence electrons. The van der Waals surface area contributed by atoms with Crippen molar-refractivity contribution in [2.75, 3.05) is 6.54 Å². The monoisotopic (exact) mass is 243 g/mol. The van der Waals surface area contributed by atoms with Crippen LogP contribution in [0.5, 0.6) is 0 Å². The first-order valence-corrected chi connectivity index (χ1v) is 7.18. The lowest BCUT2D eigenvalue weighted by Crippen LogP contribution is -2.22. The highest BCUT2D eigenvalue weighted by Gasteiger charge is 2.25. The number of nitrogens with zero attached hydrogens (tertiary/aromatic N) is 1. The van der Waals surface area contributed by atoms with Crippen molar-refractivity contribution in [1.29, 1.82) is 0 Å². The van der Waals surface area contributed by atoms with Gasteiger partial charge in [-0.3, -0.25) is 4.90 Å². The maximum atomic E-state index is 2.61. The fourth-order valence-electron chi connectivity index (χ4n) is 2.68. The number of rotatable bonds is 3. The van der Waals surface area contributed by atoms with Crippen LogP contribution in [-0.4, -0.2) is 11.4 Å². The van der Waals surface area contributed by atoms with Crippen LogP contribution in [0.3, 0.4) is 0 Å². The molecule has 0 saturated carbocycles. The van der Waals surface area contributed by atoms with Crippen molar-refractivity contribution in [1.82, 2.24) is 4.90 Å². The molecule has 0 bridgehead atoms. The second kappa shape index (κ2) is 5.03. The molecular weight excluding hydrogens is 226 g/mol. The average molecular weight is 243 g/mol. The summed E-state index contributed by atoms with van der Waals surface area (Å²) in [7, 11) is 0. The van der Waals surface area contributed by atoms with Crippen molar-refractivity contribution < 1.29 is 0 Å². The molecule has 1 atom stereocenters. The molecule has 1 aliphatic rings. The topological polar surface area (TPSA) is 3.24 Å². The van der Waals surface area contributed by atoms with Crippen LogP contribution in [0.4, 0.5) is 0 Å². The molecule has 1 nitrogen and oxygen atoms in total. The summed E-state index contributed by atoms with van der Waals surface area (Å²) in [5, 5.41) is 4.49. The van der Waals surface area contributed by atoms with E-state index in [0.29, 0.717) is 6.04 Å². The Bertz CT molecular complexity index is 449. The van der Waals surface area contributed by atoms with Crippen molar-refractivity contribution in [3.63, 3.8) is 0 Å². The van der Waals surface area contributed by atoms with E-state index in [4.69, 9.17) is 0 Å². The quantitative estimate of drug-likeness (QED) is 0.785. The van der Waals surface area contributed by atoms with Crippen molar-refractivity contribution in [3.8, 4) is 0 Å². The van der Waals surface area contributed by atoms with Crippen LogP contribution in [0.25, 0.3) is 0 Å². The molecule has 2 heterocycles. The van der Waals surface area contributed by atoms with E-state index >= 15 is 0 Å². The smallest absolute Gasteiger partial charge is 0.0360 e. The Labute approximate surface area is 107 Å². The zero-order valence-corrected chi connectivity index (χ0v) is 10.7. The van der Waals surface area contributed by atoms with Crippen LogP contribution in [0.1, 0.15) is 30.0 Å². The van der Waals surface area contributed by atoms with Gasteiger partial charge in [0.2, 0.25) is 0 Å². The third kappa shape index (κ3) is 2.43. The Morgan fingerprint density at radius 2 is 2.06 bits per heavy atom. The highest BCUT2D eigenvalue weighted by Crippen LogP contribution is 2.33. The van der Waals surface area contributed by atoms with Gasteiger partial charge in [-0.25, -0.2) is 0 Å². The molecule has 17 heavy (non-hydrogen) atoms. The molecule has 0 amide bonds. The van der Waals surface area contributed by atoms with E-state index in [-0.39, 0.29) is 0 Å². The minimum Gasteiger partial charge on any atom is -0.292 e. The summed E-state index contributed by atoms with van der Waals surface area (Å²) in [5.74, 6) is 0. The van der Waals surface area contributed by atoms with Crippen LogP contribution in [-0.2, 0) is 6.54 Å². The van der Waals surface area contributed by atoms with Gasteiger partial charge >= 0.3 is 0 Å². The molecule has 1 saturated heterocycles. The third-order valence-corrected chi connectivity index (χ3v) is 4.22. The summed E-state index contributed by atoms with van der Waals surface area (Å²) < 4.78 is 0. The maximum Gasteiger partial charge on any atom is 0.0360 e. The number of hydrogen-bond donors (Lipinski definition) is 0. The molecule has 2 heteroatoms. The summed E-state index contributed by atoms with van der Waals surface area (Å²) in [6.07, 6.45) is 2.64. The minimum absolute atomic E-state index is 0.640. The van der Waals surface area contributed by atoms with Crippen LogP contribution in [0, 0.1) is 0 Å². The number of benzene rings is 1. The average Bonchev–Trinajstić information content (AvgIpc) is 3.00. The molecular formula is C15H17NS. The van der Waals surface area contributed by atoms with E-state index in [0.717, 1.165) is 6.54 Å². The van der Waals surface area contributed by atoms with Crippen LogP contribution in [0.2, 0.25) is 0 Å². The second-order valence-corrected chi connectivity index (χ2v) is 5.45. The minimum atomic E-state index is 0.640. The van der Waals surface area contributed by atoms with Crippen LogP contribution in [0.15, 0.2) is 47.2 Å². The Hall–Kier alpha value is -1.12. The lowest BCUT2D eigenvalue weighted by atomic mass is 10.1. The predicted octanol–water partition coefficient (Wildman–Crippen LogP) is 4.09. The lowest BCUT2D eigenvalue weighted by Gasteiger charge is -2.23. The highest BCUT2D eigenvalue weighted by molar-refractivity contribution is 7.07. The first kappa shape index (κ1) is 11.0. The van der Waals surface area contributed by atoms with Crippen molar-refractivity contribution in [2.24, 2.45) is 0 Å². The van der Waals surface area contributed by atoms with Gasteiger partial charge in [0, 0.05) is 12.6 Å². The van der Waals surface area contributed by atoms with Gasteiger partial charge in [-0.2, -0.15) is 11.3 Å². The summed E-state index contributed by atoms with van der Waals surface area (Å²) in [4.78, 5) is 2.61.